The number of H-pyrrole nitrogens is 1. The summed E-state index contributed by atoms with van der Waals surface area (Å²) in [6.45, 7) is 1.82. The van der Waals surface area contributed by atoms with Gasteiger partial charge in [0, 0.05) is 13.1 Å². The molecule has 100 valence electrons. The van der Waals surface area contributed by atoms with Crippen LogP contribution in [0.15, 0.2) is 42.5 Å². The van der Waals surface area contributed by atoms with Gasteiger partial charge in [-0.1, -0.05) is 41.9 Å². The minimum atomic E-state index is 0.253. The van der Waals surface area contributed by atoms with Crippen LogP contribution in [0, 0.1) is 0 Å². The molecule has 0 aliphatic carbocycles. The summed E-state index contributed by atoms with van der Waals surface area (Å²) in [7, 11) is 0. The fraction of sp³-hybridized carbons (Fsp3) is 0.188. The standard InChI is InChI=1S/C16H14ClN3/c17-13-6-3-7-14-15(13)20-16(19-14)12-9-18-8-10-4-1-2-5-11(10)12/h1-7,12,18H,8-9H2,(H,19,20). The smallest absolute Gasteiger partial charge is 0.116 e. The monoisotopic (exact) mass is 283 g/mol. The Balaban J connectivity index is 1.86. The number of hydrogen-bond donors (Lipinski definition) is 2. The number of fused-ring (bicyclic) bond motifs is 2. The van der Waals surface area contributed by atoms with Crippen molar-refractivity contribution < 1.29 is 0 Å². The van der Waals surface area contributed by atoms with Crippen molar-refractivity contribution in [2.24, 2.45) is 0 Å². The first-order valence-corrected chi connectivity index (χ1v) is 7.13. The maximum atomic E-state index is 6.21. The Morgan fingerprint density at radius 3 is 2.90 bits per heavy atom. The van der Waals surface area contributed by atoms with Crippen molar-refractivity contribution in [1.82, 2.24) is 15.3 Å². The number of aromatic amines is 1. The Hall–Kier alpha value is -1.84. The number of imidazole rings is 1. The quantitative estimate of drug-likeness (QED) is 0.718. The second-order valence-electron chi connectivity index (χ2n) is 5.14. The first kappa shape index (κ1) is 11.9. The SMILES string of the molecule is Clc1cccc2[nH]c(C3CNCc4ccccc43)nc12. The minimum Gasteiger partial charge on any atom is -0.341 e. The lowest BCUT2D eigenvalue weighted by atomic mass is 9.90. The second-order valence-corrected chi connectivity index (χ2v) is 5.55. The van der Waals surface area contributed by atoms with Gasteiger partial charge in [0.15, 0.2) is 0 Å². The second kappa shape index (κ2) is 4.62. The van der Waals surface area contributed by atoms with E-state index >= 15 is 0 Å². The fourth-order valence-electron chi connectivity index (χ4n) is 2.92. The molecule has 0 saturated heterocycles. The lowest BCUT2D eigenvalue weighted by molar-refractivity contribution is 0.576. The highest BCUT2D eigenvalue weighted by Gasteiger charge is 2.24. The summed E-state index contributed by atoms with van der Waals surface area (Å²) < 4.78 is 0. The third-order valence-corrected chi connectivity index (χ3v) is 4.21. The van der Waals surface area contributed by atoms with Gasteiger partial charge in [-0.05, 0) is 23.3 Å². The third-order valence-electron chi connectivity index (χ3n) is 3.91. The van der Waals surface area contributed by atoms with Crippen molar-refractivity contribution in [3.63, 3.8) is 0 Å². The summed E-state index contributed by atoms with van der Waals surface area (Å²) in [6.07, 6.45) is 0. The molecule has 0 saturated carbocycles. The maximum absolute atomic E-state index is 6.21. The van der Waals surface area contributed by atoms with Gasteiger partial charge < -0.3 is 10.3 Å². The van der Waals surface area contributed by atoms with Crippen LogP contribution >= 0.6 is 11.6 Å². The lowest BCUT2D eigenvalue weighted by Gasteiger charge is -2.24. The summed E-state index contributed by atoms with van der Waals surface area (Å²) in [5.41, 5.74) is 4.54. The average molecular weight is 284 g/mol. The van der Waals surface area contributed by atoms with Gasteiger partial charge in [-0.15, -0.1) is 0 Å². The van der Waals surface area contributed by atoms with Gasteiger partial charge >= 0.3 is 0 Å². The van der Waals surface area contributed by atoms with Gasteiger partial charge in [0.25, 0.3) is 0 Å². The summed E-state index contributed by atoms with van der Waals surface area (Å²) >= 11 is 6.21. The molecular formula is C16H14ClN3. The average Bonchev–Trinajstić information content (AvgIpc) is 2.92. The fourth-order valence-corrected chi connectivity index (χ4v) is 3.14. The van der Waals surface area contributed by atoms with Crippen molar-refractivity contribution in [3.8, 4) is 0 Å². The lowest BCUT2D eigenvalue weighted by Crippen LogP contribution is -2.29. The Bertz CT molecular complexity index is 778. The van der Waals surface area contributed by atoms with E-state index in [1.807, 2.05) is 18.2 Å². The van der Waals surface area contributed by atoms with Gasteiger partial charge in [0.05, 0.1) is 16.5 Å². The summed E-state index contributed by atoms with van der Waals surface area (Å²) in [4.78, 5) is 8.12. The van der Waals surface area contributed by atoms with E-state index < -0.39 is 0 Å². The van der Waals surface area contributed by atoms with Gasteiger partial charge in [-0.25, -0.2) is 4.98 Å². The molecule has 2 aromatic carbocycles. The third kappa shape index (κ3) is 1.82. The zero-order chi connectivity index (χ0) is 13.5. The van der Waals surface area contributed by atoms with E-state index in [-0.39, 0.29) is 5.92 Å². The first-order chi connectivity index (χ1) is 9.83. The van der Waals surface area contributed by atoms with Crippen molar-refractivity contribution in [3.05, 3.63) is 64.4 Å². The Labute approximate surface area is 122 Å². The number of aromatic nitrogens is 2. The first-order valence-electron chi connectivity index (χ1n) is 6.75. The van der Waals surface area contributed by atoms with E-state index in [1.165, 1.54) is 11.1 Å². The molecule has 4 heteroatoms. The van der Waals surface area contributed by atoms with Crippen molar-refractivity contribution in [2.45, 2.75) is 12.5 Å². The highest BCUT2D eigenvalue weighted by molar-refractivity contribution is 6.34. The van der Waals surface area contributed by atoms with Crippen molar-refractivity contribution in [1.29, 1.82) is 0 Å². The van der Waals surface area contributed by atoms with Gasteiger partial charge in [-0.3, -0.25) is 0 Å². The molecule has 3 nitrogen and oxygen atoms in total. The van der Waals surface area contributed by atoms with Gasteiger partial charge in [0.2, 0.25) is 0 Å². The Kier molecular flexibility index (Phi) is 2.76. The van der Waals surface area contributed by atoms with Gasteiger partial charge in [-0.2, -0.15) is 0 Å². The zero-order valence-corrected chi connectivity index (χ0v) is 11.6. The topological polar surface area (TPSA) is 40.7 Å². The maximum Gasteiger partial charge on any atom is 0.116 e. The van der Waals surface area contributed by atoms with E-state index in [0.29, 0.717) is 5.02 Å². The molecule has 1 unspecified atom stereocenters. The predicted octanol–water partition coefficient (Wildman–Crippen LogP) is 3.45. The number of benzene rings is 2. The molecule has 0 spiro atoms. The molecule has 1 atom stereocenters. The van der Waals surface area contributed by atoms with Crippen LogP contribution in [0.4, 0.5) is 0 Å². The molecule has 2 heterocycles. The Morgan fingerprint density at radius 2 is 2.00 bits per heavy atom. The number of rotatable bonds is 1. The van der Waals surface area contributed by atoms with Crippen LogP contribution in [0.3, 0.4) is 0 Å². The molecule has 0 amide bonds. The molecule has 0 bridgehead atoms. The van der Waals surface area contributed by atoms with Crippen molar-refractivity contribution >= 4 is 22.6 Å². The van der Waals surface area contributed by atoms with Crippen molar-refractivity contribution in [2.75, 3.05) is 6.54 Å². The molecule has 3 aromatic rings. The molecule has 20 heavy (non-hydrogen) atoms. The summed E-state index contributed by atoms with van der Waals surface area (Å²) in [5, 5.41) is 4.15. The van der Waals surface area contributed by atoms with Crippen LogP contribution in [0.25, 0.3) is 11.0 Å². The number of para-hydroxylation sites is 1. The van der Waals surface area contributed by atoms with Crippen LogP contribution in [-0.4, -0.2) is 16.5 Å². The normalized spacial score (nSPS) is 18.1. The van der Waals surface area contributed by atoms with Crippen LogP contribution in [0.2, 0.25) is 5.02 Å². The largest absolute Gasteiger partial charge is 0.341 e. The number of halogens is 1. The molecule has 4 rings (SSSR count). The molecular weight excluding hydrogens is 270 g/mol. The molecule has 0 fully saturated rings. The van der Waals surface area contributed by atoms with E-state index in [4.69, 9.17) is 16.6 Å². The molecule has 2 N–H and O–H groups in total. The van der Waals surface area contributed by atoms with Crippen LogP contribution in [0.5, 0.6) is 0 Å². The van der Waals surface area contributed by atoms with Crippen LogP contribution in [-0.2, 0) is 6.54 Å². The summed E-state index contributed by atoms with van der Waals surface area (Å²) in [5.74, 6) is 1.23. The minimum absolute atomic E-state index is 0.253. The van der Waals surface area contributed by atoms with E-state index in [9.17, 15) is 0 Å². The molecule has 0 radical (unpaired) electrons. The van der Waals surface area contributed by atoms with E-state index in [2.05, 4.69) is 34.6 Å². The molecule has 1 aliphatic rings. The highest BCUT2D eigenvalue weighted by atomic mass is 35.5. The zero-order valence-electron chi connectivity index (χ0n) is 10.9. The molecule has 1 aromatic heterocycles. The molecule has 1 aliphatic heterocycles. The van der Waals surface area contributed by atoms with Crippen LogP contribution < -0.4 is 5.32 Å². The predicted molar refractivity (Wildman–Crippen MR) is 81.1 cm³/mol. The highest BCUT2D eigenvalue weighted by Crippen LogP contribution is 2.31. The van der Waals surface area contributed by atoms with E-state index in [0.717, 1.165) is 29.9 Å². The number of nitrogens with one attached hydrogen (secondary N) is 2. The summed E-state index contributed by atoms with van der Waals surface area (Å²) in [6, 6.07) is 14.4. The Morgan fingerprint density at radius 1 is 1.10 bits per heavy atom. The van der Waals surface area contributed by atoms with E-state index in [1.54, 1.807) is 0 Å². The number of nitrogens with zero attached hydrogens (tertiary/aromatic N) is 1. The number of hydrogen-bond acceptors (Lipinski definition) is 2. The van der Waals surface area contributed by atoms with Gasteiger partial charge in [0.1, 0.15) is 11.3 Å². The van der Waals surface area contributed by atoms with Crippen LogP contribution in [0.1, 0.15) is 22.9 Å².